The molecule has 9 heteroatoms. The van der Waals surface area contributed by atoms with Crippen LogP contribution in [0.25, 0.3) is 6.08 Å². The Morgan fingerprint density at radius 3 is 2.41 bits per heavy atom. The summed E-state index contributed by atoms with van der Waals surface area (Å²) in [5, 5.41) is 0. The summed E-state index contributed by atoms with van der Waals surface area (Å²) in [6, 6.07) is 21.3. The van der Waals surface area contributed by atoms with Gasteiger partial charge in [-0.3, -0.25) is 9.36 Å². The number of halogens is 2. The van der Waals surface area contributed by atoms with Crippen LogP contribution in [0, 0.1) is 0 Å². The predicted octanol–water partition coefficient (Wildman–Crippen LogP) is 7.81. The van der Waals surface area contributed by atoms with Crippen molar-refractivity contribution in [3.05, 3.63) is 129 Å². The number of fused-ring (bicyclic) bond motifs is 1. The largest absolute Gasteiger partial charge is 0.488 e. The van der Waals surface area contributed by atoms with Crippen LogP contribution in [0.1, 0.15) is 74.8 Å². The fourth-order valence-electron chi connectivity index (χ4n) is 5.12. The molecule has 4 aromatic rings. The maximum atomic E-state index is 14.1. The molecule has 1 aromatic heterocycles. The number of allylic oxidation sites excluding steroid dienone is 1. The van der Waals surface area contributed by atoms with Crippen molar-refractivity contribution in [2.45, 2.75) is 59.1 Å². The van der Waals surface area contributed by atoms with E-state index in [-0.39, 0.29) is 12.2 Å². The number of carbonyl (C=O) groups is 1. The van der Waals surface area contributed by atoms with Crippen molar-refractivity contribution >= 4 is 55.2 Å². The molecule has 2 heterocycles. The molecule has 0 saturated carbocycles. The maximum absolute atomic E-state index is 14.1. The van der Waals surface area contributed by atoms with Crippen LogP contribution in [0.3, 0.4) is 0 Å². The van der Waals surface area contributed by atoms with Gasteiger partial charge < -0.3 is 9.47 Å². The van der Waals surface area contributed by atoms with E-state index in [0.29, 0.717) is 45.3 Å². The topological polar surface area (TPSA) is 69.9 Å². The summed E-state index contributed by atoms with van der Waals surface area (Å²) >= 11 is 8.42. The van der Waals surface area contributed by atoms with Gasteiger partial charge in [-0.2, -0.15) is 0 Å². The predicted molar refractivity (Wildman–Crippen MR) is 183 cm³/mol. The third kappa shape index (κ3) is 7.00. The fourth-order valence-corrected chi connectivity index (χ4v) is 6.91. The molecule has 0 spiro atoms. The summed E-state index contributed by atoms with van der Waals surface area (Å²) in [5.41, 5.74) is 4.84. The smallest absolute Gasteiger partial charge is 0.338 e. The molecule has 0 amide bonds. The van der Waals surface area contributed by atoms with Gasteiger partial charge >= 0.3 is 5.97 Å². The van der Waals surface area contributed by atoms with E-state index in [9.17, 15) is 9.59 Å². The average Bonchev–Trinajstić information content (AvgIpc) is 3.31. The number of hydrogen-bond acceptors (Lipinski definition) is 6. The maximum Gasteiger partial charge on any atom is 0.338 e. The lowest BCUT2D eigenvalue weighted by atomic mass is 9.92. The first-order valence-corrected chi connectivity index (χ1v) is 17.1. The highest BCUT2D eigenvalue weighted by molar-refractivity contribution is 9.10. The number of hydrogen-bond donors (Lipinski definition) is 0. The van der Waals surface area contributed by atoms with Gasteiger partial charge in [0.1, 0.15) is 12.4 Å². The number of ether oxygens (including phenoxy) is 2. The first kappa shape index (κ1) is 32.1. The molecule has 5 rings (SSSR count). The Kier molecular flexibility index (Phi) is 10.4. The Balaban J connectivity index is 1.56. The van der Waals surface area contributed by atoms with E-state index in [1.165, 1.54) is 16.9 Å². The van der Waals surface area contributed by atoms with Gasteiger partial charge in [0.25, 0.3) is 5.56 Å². The average molecular weight is 739 g/mol. The van der Waals surface area contributed by atoms with Gasteiger partial charge in [-0.05, 0) is 87.8 Å². The van der Waals surface area contributed by atoms with Crippen LogP contribution in [0.4, 0.5) is 0 Å². The highest BCUT2D eigenvalue weighted by atomic mass is 79.9. The monoisotopic (exact) mass is 736 g/mol. The van der Waals surface area contributed by atoms with Gasteiger partial charge in [-0.15, -0.1) is 0 Å². The van der Waals surface area contributed by atoms with Crippen LogP contribution in [-0.2, 0) is 16.1 Å². The summed E-state index contributed by atoms with van der Waals surface area (Å²) < 4.78 is 15.5. The van der Waals surface area contributed by atoms with Crippen LogP contribution >= 0.6 is 43.2 Å². The van der Waals surface area contributed by atoms with Crippen molar-refractivity contribution in [1.82, 2.24) is 4.57 Å². The fraction of sp³-hybridized carbons (Fsp3) is 0.286. The van der Waals surface area contributed by atoms with Crippen molar-refractivity contribution in [2.75, 3.05) is 6.61 Å². The summed E-state index contributed by atoms with van der Waals surface area (Å²) in [7, 11) is 0. The molecule has 0 bridgehead atoms. The zero-order valence-corrected chi connectivity index (χ0v) is 29.1. The van der Waals surface area contributed by atoms with E-state index < -0.39 is 12.0 Å². The van der Waals surface area contributed by atoms with Crippen LogP contribution in [0.2, 0.25) is 0 Å². The zero-order valence-electron chi connectivity index (χ0n) is 25.1. The van der Waals surface area contributed by atoms with Crippen LogP contribution in [0.5, 0.6) is 5.75 Å². The Bertz CT molecular complexity index is 1870. The second kappa shape index (κ2) is 14.2. The minimum atomic E-state index is -0.628. The molecular formula is C35H34Br2N2O4S. The Labute approximate surface area is 278 Å². The molecule has 3 aromatic carbocycles. The summed E-state index contributed by atoms with van der Waals surface area (Å²) in [4.78, 5) is 32.9. The van der Waals surface area contributed by atoms with Gasteiger partial charge in [0.15, 0.2) is 4.80 Å². The third-order valence-electron chi connectivity index (χ3n) is 7.37. The summed E-state index contributed by atoms with van der Waals surface area (Å²) in [6.07, 6.45) is 3.27. The number of thiazole rings is 1. The molecule has 0 aliphatic carbocycles. The van der Waals surface area contributed by atoms with Gasteiger partial charge in [0.2, 0.25) is 0 Å². The molecule has 6 nitrogen and oxygen atoms in total. The van der Waals surface area contributed by atoms with Gasteiger partial charge in [-0.1, -0.05) is 96.9 Å². The third-order valence-corrected chi connectivity index (χ3v) is 9.50. The van der Waals surface area contributed by atoms with E-state index in [4.69, 9.17) is 14.5 Å². The van der Waals surface area contributed by atoms with Crippen molar-refractivity contribution in [1.29, 1.82) is 0 Å². The summed E-state index contributed by atoms with van der Waals surface area (Å²) in [6.45, 7) is 8.79. The first-order valence-electron chi connectivity index (χ1n) is 14.7. The molecular weight excluding hydrogens is 704 g/mol. The molecule has 0 unspecified atom stereocenters. The summed E-state index contributed by atoms with van der Waals surface area (Å²) in [5.74, 6) is 0.632. The molecule has 1 atom stereocenters. The molecule has 0 fully saturated rings. The van der Waals surface area contributed by atoms with E-state index in [1.54, 1.807) is 11.5 Å². The second-order valence-electron chi connectivity index (χ2n) is 10.8. The lowest BCUT2D eigenvalue weighted by Gasteiger charge is -2.26. The number of esters is 1. The lowest BCUT2D eigenvalue weighted by molar-refractivity contribution is -0.139. The lowest BCUT2D eigenvalue weighted by Crippen LogP contribution is -2.40. The first-order chi connectivity index (χ1) is 21.2. The van der Waals surface area contributed by atoms with Crippen molar-refractivity contribution in [2.24, 2.45) is 4.99 Å². The number of aromatic nitrogens is 1. The number of benzene rings is 3. The Morgan fingerprint density at radius 1 is 1.05 bits per heavy atom. The van der Waals surface area contributed by atoms with Crippen molar-refractivity contribution in [3.8, 4) is 5.75 Å². The highest BCUT2D eigenvalue weighted by Gasteiger charge is 2.34. The van der Waals surface area contributed by atoms with Gasteiger partial charge in [0.05, 0.1) is 32.9 Å². The van der Waals surface area contributed by atoms with E-state index in [1.807, 2.05) is 60.7 Å². The SMILES string of the molecule is CCCC1=C(C(=O)OCC)[C@H](c2ccc(C(C)C)cc2)n2c(s/c(=C\c3ccc(OCc4ccc(Br)cc4)c(Br)c3)c2=O)=N1. The number of nitrogens with zero attached hydrogens (tertiary/aromatic N) is 2. The van der Waals surface area contributed by atoms with Crippen LogP contribution < -0.4 is 19.6 Å². The van der Waals surface area contributed by atoms with E-state index >= 15 is 0 Å². The molecule has 0 saturated heterocycles. The van der Waals surface area contributed by atoms with Crippen molar-refractivity contribution in [3.63, 3.8) is 0 Å². The van der Waals surface area contributed by atoms with Crippen LogP contribution in [0.15, 0.2) is 96.7 Å². The quantitative estimate of drug-likeness (QED) is 0.156. The van der Waals surface area contributed by atoms with Crippen molar-refractivity contribution < 1.29 is 14.3 Å². The minimum absolute atomic E-state index is 0.198. The Morgan fingerprint density at radius 2 is 1.77 bits per heavy atom. The molecule has 44 heavy (non-hydrogen) atoms. The van der Waals surface area contributed by atoms with E-state index in [0.717, 1.165) is 32.1 Å². The molecule has 1 aliphatic heterocycles. The van der Waals surface area contributed by atoms with E-state index in [2.05, 4.69) is 64.8 Å². The Hall–Kier alpha value is -3.27. The molecule has 228 valence electrons. The minimum Gasteiger partial charge on any atom is -0.488 e. The van der Waals surface area contributed by atoms with Gasteiger partial charge in [-0.25, -0.2) is 9.79 Å². The second-order valence-corrected chi connectivity index (χ2v) is 13.6. The van der Waals surface area contributed by atoms with Gasteiger partial charge in [0, 0.05) is 4.47 Å². The normalized spacial score (nSPS) is 14.9. The van der Waals surface area contributed by atoms with Crippen LogP contribution in [-0.4, -0.2) is 17.1 Å². The molecule has 1 aliphatic rings. The standard InChI is InChI=1S/C35H34Br2N2O4S/c1-5-7-28-31(34(41)42-6-2)32(25-13-11-24(12-14-25)21(3)4)39-33(40)30(44-35(39)38-28)19-23-10-17-29(27(37)18-23)43-20-22-8-15-26(36)16-9-22/h8-19,21,32H,5-7,20H2,1-4H3/b30-19-/t32-/m0/s1. The number of rotatable bonds is 10. The zero-order chi connectivity index (χ0) is 31.4. The number of carbonyl (C=O) groups excluding carboxylic acids is 1. The highest BCUT2D eigenvalue weighted by Crippen LogP contribution is 2.33. The molecule has 0 N–H and O–H groups in total. The molecule has 0 radical (unpaired) electrons.